The summed E-state index contributed by atoms with van der Waals surface area (Å²) in [7, 11) is 1.96. The predicted molar refractivity (Wildman–Crippen MR) is 93.1 cm³/mol. The van der Waals surface area contributed by atoms with Crippen LogP contribution < -0.4 is 10.2 Å². The second kappa shape index (κ2) is 7.11. The number of nitrogens with one attached hydrogen (secondary N) is 1. The molecule has 2 aliphatic rings. The van der Waals surface area contributed by atoms with Crippen LogP contribution in [-0.4, -0.2) is 71.6 Å². The SMILES string of the molecule is Cn1nccc1N1CCCC(NC(=O)C(C)(C)N2CCOCC2)C1. The molecule has 0 bridgehead atoms. The number of morpholine rings is 1. The lowest BCUT2D eigenvalue weighted by Crippen LogP contribution is -2.61. The molecule has 1 aromatic rings. The fraction of sp³-hybridized carbons (Fsp3) is 0.765. The van der Waals surface area contributed by atoms with E-state index in [1.165, 1.54) is 0 Å². The quantitative estimate of drug-likeness (QED) is 0.874. The van der Waals surface area contributed by atoms with Crippen molar-refractivity contribution in [3.8, 4) is 0 Å². The minimum atomic E-state index is -0.501. The average Bonchev–Trinajstić information content (AvgIpc) is 3.02. The Morgan fingerprint density at radius 3 is 2.75 bits per heavy atom. The highest BCUT2D eigenvalue weighted by Crippen LogP contribution is 2.21. The molecule has 1 N–H and O–H groups in total. The van der Waals surface area contributed by atoms with E-state index in [0.29, 0.717) is 13.2 Å². The third kappa shape index (κ3) is 3.57. The number of piperidine rings is 1. The Labute approximate surface area is 143 Å². The van der Waals surface area contributed by atoms with E-state index >= 15 is 0 Å². The molecule has 1 atom stereocenters. The zero-order valence-electron chi connectivity index (χ0n) is 15.0. The van der Waals surface area contributed by atoms with Crippen LogP contribution in [0.3, 0.4) is 0 Å². The molecule has 1 aromatic heterocycles. The van der Waals surface area contributed by atoms with Gasteiger partial charge in [-0.1, -0.05) is 0 Å². The summed E-state index contributed by atoms with van der Waals surface area (Å²) >= 11 is 0. The van der Waals surface area contributed by atoms with E-state index in [1.807, 2.05) is 37.8 Å². The topological polar surface area (TPSA) is 62.6 Å². The molecule has 2 fully saturated rings. The zero-order chi connectivity index (χ0) is 17.2. The van der Waals surface area contributed by atoms with Crippen molar-refractivity contribution in [3.05, 3.63) is 12.3 Å². The van der Waals surface area contributed by atoms with Gasteiger partial charge in [-0.05, 0) is 26.7 Å². The van der Waals surface area contributed by atoms with Gasteiger partial charge in [0.1, 0.15) is 5.82 Å². The molecule has 0 aromatic carbocycles. The number of hydrogen-bond donors (Lipinski definition) is 1. The van der Waals surface area contributed by atoms with Crippen LogP contribution in [0.1, 0.15) is 26.7 Å². The average molecular weight is 335 g/mol. The van der Waals surface area contributed by atoms with Crippen LogP contribution in [0, 0.1) is 0 Å². The Morgan fingerprint density at radius 2 is 2.08 bits per heavy atom. The summed E-state index contributed by atoms with van der Waals surface area (Å²) in [5, 5.41) is 7.52. The lowest BCUT2D eigenvalue weighted by atomic mass is 9.98. The van der Waals surface area contributed by atoms with Gasteiger partial charge < -0.3 is 15.0 Å². The summed E-state index contributed by atoms with van der Waals surface area (Å²) in [5.74, 6) is 1.22. The normalized spacial score (nSPS) is 23.3. The number of rotatable bonds is 4. The lowest BCUT2D eigenvalue weighted by Gasteiger charge is -2.41. The second-order valence-electron chi connectivity index (χ2n) is 7.23. The molecule has 1 unspecified atom stereocenters. The monoisotopic (exact) mass is 335 g/mol. The largest absolute Gasteiger partial charge is 0.379 e. The van der Waals surface area contributed by atoms with Crippen molar-refractivity contribution in [3.63, 3.8) is 0 Å². The molecule has 1 amide bonds. The van der Waals surface area contributed by atoms with Gasteiger partial charge >= 0.3 is 0 Å². The van der Waals surface area contributed by atoms with Crippen LogP contribution in [0.15, 0.2) is 12.3 Å². The maximum atomic E-state index is 12.9. The molecule has 2 saturated heterocycles. The van der Waals surface area contributed by atoms with E-state index in [2.05, 4.69) is 20.2 Å². The molecule has 3 heterocycles. The standard InChI is InChI=1S/C17H29N5O2/c1-17(2,22-9-11-24-12-10-22)16(23)19-14-5-4-8-21(13-14)15-6-7-18-20(15)3/h6-7,14H,4-5,8-13H2,1-3H3,(H,19,23). The van der Waals surface area contributed by atoms with Crippen molar-refractivity contribution in [2.45, 2.75) is 38.3 Å². The van der Waals surface area contributed by atoms with Gasteiger partial charge in [-0.15, -0.1) is 0 Å². The minimum Gasteiger partial charge on any atom is -0.379 e. The lowest BCUT2D eigenvalue weighted by molar-refractivity contribution is -0.135. The van der Waals surface area contributed by atoms with Gasteiger partial charge in [0.2, 0.25) is 5.91 Å². The maximum Gasteiger partial charge on any atom is 0.240 e. The molecule has 0 aliphatic carbocycles. The smallest absolute Gasteiger partial charge is 0.240 e. The van der Waals surface area contributed by atoms with Gasteiger partial charge in [-0.3, -0.25) is 14.4 Å². The number of aromatic nitrogens is 2. The van der Waals surface area contributed by atoms with E-state index in [0.717, 1.165) is 44.8 Å². The summed E-state index contributed by atoms with van der Waals surface area (Å²) < 4.78 is 7.29. The van der Waals surface area contributed by atoms with Gasteiger partial charge in [0.25, 0.3) is 0 Å². The Kier molecular flexibility index (Phi) is 5.10. The first-order valence-corrected chi connectivity index (χ1v) is 8.85. The molecule has 0 radical (unpaired) electrons. The Hall–Kier alpha value is -1.60. The van der Waals surface area contributed by atoms with Crippen molar-refractivity contribution in [1.82, 2.24) is 20.0 Å². The molecule has 3 rings (SSSR count). The summed E-state index contributed by atoms with van der Waals surface area (Å²) in [5.41, 5.74) is -0.501. The number of aryl methyl sites for hydroxylation is 1. The Bertz CT molecular complexity index is 565. The van der Waals surface area contributed by atoms with Crippen LogP contribution in [0.4, 0.5) is 5.82 Å². The highest BCUT2D eigenvalue weighted by Gasteiger charge is 2.37. The van der Waals surface area contributed by atoms with E-state index in [-0.39, 0.29) is 11.9 Å². The van der Waals surface area contributed by atoms with Gasteiger partial charge in [0.15, 0.2) is 0 Å². The first-order chi connectivity index (χ1) is 11.5. The third-order valence-corrected chi connectivity index (χ3v) is 5.23. The zero-order valence-corrected chi connectivity index (χ0v) is 15.0. The molecule has 0 spiro atoms. The molecule has 2 aliphatic heterocycles. The van der Waals surface area contributed by atoms with Crippen molar-refractivity contribution in [2.75, 3.05) is 44.3 Å². The Morgan fingerprint density at radius 1 is 1.33 bits per heavy atom. The summed E-state index contributed by atoms with van der Waals surface area (Å²) in [6.07, 6.45) is 3.92. The number of carbonyl (C=O) groups is 1. The number of ether oxygens (including phenoxy) is 1. The molecule has 7 nitrogen and oxygen atoms in total. The number of nitrogens with zero attached hydrogens (tertiary/aromatic N) is 4. The fourth-order valence-corrected chi connectivity index (χ4v) is 3.61. The summed E-state index contributed by atoms with van der Waals surface area (Å²) in [6, 6.07) is 2.21. The van der Waals surface area contributed by atoms with Crippen molar-refractivity contribution < 1.29 is 9.53 Å². The first-order valence-electron chi connectivity index (χ1n) is 8.85. The summed E-state index contributed by atoms with van der Waals surface area (Å²) in [4.78, 5) is 17.4. The molecular weight excluding hydrogens is 306 g/mol. The highest BCUT2D eigenvalue weighted by atomic mass is 16.5. The number of anilines is 1. The maximum absolute atomic E-state index is 12.9. The van der Waals surface area contributed by atoms with Crippen LogP contribution >= 0.6 is 0 Å². The fourth-order valence-electron chi connectivity index (χ4n) is 3.61. The van der Waals surface area contributed by atoms with Crippen LogP contribution in [0.2, 0.25) is 0 Å². The number of hydrogen-bond acceptors (Lipinski definition) is 5. The van der Waals surface area contributed by atoms with E-state index in [1.54, 1.807) is 0 Å². The van der Waals surface area contributed by atoms with Crippen molar-refractivity contribution in [1.29, 1.82) is 0 Å². The minimum absolute atomic E-state index is 0.112. The third-order valence-electron chi connectivity index (χ3n) is 5.23. The molecule has 134 valence electrons. The predicted octanol–water partition coefficient (Wildman–Crippen LogP) is 0.616. The highest BCUT2D eigenvalue weighted by molar-refractivity contribution is 5.85. The van der Waals surface area contributed by atoms with Gasteiger partial charge in [-0.2, -0.15) is 5.10 Å². The molecule has 24 heavy (non-hydrogen) atoms. The van der Waals surface area contributed by atoms with Crippen LogP contribution in [-0.2, 0) is 16.6 Å². The first kappa shape index (κ1) is 17.2. The van der Waals surface area contributed by atoms with Gasteiger partial charge in [-0.25, -0.2) is 0 Å². The van der Waals surface area contributed by atoms with E-state index < -0.39 is 5.54 Å². The molecular formula is C17H29N5O2. The van der Waals surface area contributed by atoms with Gasteiger partial charge in [0, 0.05) is 45.3 Å². The molecule has 7 heteroatoms. The van der Waals surface area contributed by atoms with Crippen LogP contribution in [0.25, 0.3) is 0 Å². The Balaban J connectivity index is 1.60. The van der Waals surface area contributed by atoms with Crippen molar-refractivity contribution in [2.24, 2.45) is 7.05 Å². The number of amides is 1. The molecule has 0 saturated carbocycles. The van der Waals surface area contributed by atoms with Crippen LogP contribution in [0.5, 0.6) is 0 Å². The summed E-state index contributed by atoms with van der Waals surface area (Å²) in [6.45, 7) is 8.90. The second-order valence-corrected chi connectivity index (χ2v) is 7.23. The van der Waals surface area contributed by atoms with E-state index in [4.69, 9.17) is 4.74 Å². The van der Waals surface area contributed by atoms with Gasteiger partial charge in [0.05, 0.1) is 24.9 Å². The van der Waals surface area contributed by atoms with E-state index in [9.17, 15) is 4.79 Å². The number of carbonyl (C=O) groups excluding carboxylic acids is 1. The van der Waals surface area contributed by atoms with Crippen molar-refractivity contribution >= 4 is 11.7 Å².